The summed E-state index contributed by atoms with van der Waals surface area (Å²) in [6.07, 6.45) is -4.78. The third-order valence-electron chi connectivity index (χ3n) is 2.86. The van der Waals surface area contributed by atoms with Crippen LogP contribution in [0.4, 0.5) is 17.6 Å². The van der Waals surface area contributed by atoms with Crippen molar-refractivity contribution >= 4 is 21.7 Å². The van der Waals surface area contributed by atoms with Gasteiger partial charge in [-0.05, 0) is 39.7 Å². The minimum absolute atomic E-state index is 0.157. The van der Waals surface area contributed by atoms with Crippen molar-refractivity contribution in [3.05, 3.63) is 69.4 Å². The number of benzene rings is 2. The average molecular weight is 361 g/mol. The molecule has 0 heterocycles. The number of hydrogen-bond acceptors (Lipinski definition) is 1. The van der Waals surface area contributed by atoms with Crippen LogP contribution in [0.2, 0.25) is 0 Å². The van der Waals surface area contributed by atoms with Crippen LogP contribution in [-0.4, -0.2) is 5.78 Å². The lowest BCUT2D eigenvalue weighted by Crippen LogP contribution is -2.09. The molecule has 0 aliphatic rings. The molecule has 1 nitrogen and oxygen atoms in total. The van der Waals surface area contributed by atoms with Gasteiger partial charge in [-0.15, -0.1) is 0 Å². The van der Waals surface area contributed by atoms with Crippen LogP contribution >= 0.6 is 15.9 Å². The highest BCUT2D eigenvalue weighted by Crippen LogP contribution is 2.30. The summed E-state index contributed by atoms with van der Waals surface area (Å²) in [4.78, 5) is 12.1. The lowest BCUT2D eigenvalue weighted by Gasteiger charge is -2.09. The Bertz CT molecular complexity index is 659. The normalized spacial score (nSPS) is 11.5. The highest BCUT2D eigenvalue weighted by atomic mass is 79.9. The van der Waals surface area contributed by atoms with Crippen LogP contribution in [-0.2, 0) is 12.6 Å². The number of Topliss-reactive ketones (excluding diaryl/α,β-unsaturated/α-hetero) is 1. The molecule has 2 aromatic carbocycles. The molecular weight excluding hydrogens is 352 g/mol. The predicted molar refractivity (Wildman–Crippen MR) is 73.6 cm³/mol. The van der Waals surface area contributed by atoms with Crippen molar-refractivity contribution in [2.75, 3.05) is 0 Å². The van der Waals surface area contributed by atoms with E-state index in [9.17, 15) is 22.4 Å². The second-order valence-corrected chi connectivity index (χ2v) is 5.25. The van der Waals surface area contributed by atoms with E-state index in [1.54, 1.807) is 0 Å². The van der Waals surface area contributed by atoms with Crippen molar-refractivity contribution in [3.8, 4) is 0 Å². The van der Waals surface area contributed by atoms with Crippen molar-refractivity contribution in [2.45, 2.75) is 12.6 Å². The molecule has 6 heteroatoms. The molecule has 21 heavy (non-hydrogen) atoms. The molecule has 0 unspecified atom stereocenters. The van der Waals surface area contributed by atoms with Crippen molar-refractivity contribution in [1.29, 1.82) is 0 Å². The zero-order valence-electron chi connectivity index (χ0n) is 10.5. The van der Waals surface area contributed by atoms with Crippen LogP contribution in [0.5, 0.6) is 0 Å². The summed E-state index contributed by atoms with van der Waals surface area (Å²) in [6.45, 7) is 0. The zero-order chi connectivity index (χ0) is 15.6. The van der Waals surface area contributed by atoms with E-state index >= 15 is 0 Å². The van der Waals surface area contributed by atoms with Gasteiger partial charge in [-0.3, -0.25) is 4.79 Å². The second-order valence-electron chi connectivity index (χ2n) is 4.39. The molecule has 2 rings (SSSR count). The molecule has 0 bridgehead atoms. The van der Waals surface area contributed by atoms with Crippen LogP contribution in [0.3, 0.4) is 0 Å². The minimum Gasteiger partial charge on any atom is -0.294 e. The Kier molecular flexibility index (Phi) is 4.46. The summed E-state index contributed by atoms with van der Waals surface area (Å²) in [7, 11) is 0. The summed E-state index contributed by atoms with van der Waals surface area (Å²) in [6, 6.07) is 8.51. The second kappa shape index (κ2) is 5.97. The lowest BCUT2D eigenvalue weighted by atomic mass is 10.0. The Balaban J connectivity index is 2.28. The van der Waals surface area contributed by atoms with Crippen molar-refractivity contribution in [3.63, 3.8) is 0 Å². The van der Waals surface area contributed by atoms with E-state index in [2.05, 4.69) is 15.9 Å². The topological polar surface area (TPSA) is 17.1 Å². The number of hydrogen-bond donors (Lipinski definition) is 0. The molecule has 0 fully saturated rings. The summed E-state index contributed by atoms with van der Waals surface area (Å²) in [5.74, 6) is -1.29. The van der Waals surface area contributed by atoms with E-state index in [4.69, 9.17) is 0 Å². The van der Waals surface area contributed by atoms with E-state index in [-0.39, 0.29) is 22.0 Å². The highest BCUT2D eigenvalue weighted by Gasteiger charge is 2.30. The monoisotopic (exact) mass is 360 g/mol. The van der Waals surface area contributed by atoms with Crippen LogP contribution in [0.25, 0.3) is 0 Å². The van der Waals surface area contributed by atoms with E-state index in [1.165, 1.54) is 24.3 Å². The van der Waals surface area contributed by atoms with E-state index in [0.29, 0.717) is 0 Å². The zero-order valence-corrected chi connectivity index (χ0v) is 12.1. The van der Waals surface area contributed by atoms with Gasteiger partial charge in [-0.2, -0.15) is 13.2 Å². The molecule has 0 amide bonds. The van der Waals surface area contributed by atoms with E-state index < -0.39 is 23.3 Å². The van der Waals surface area contributed by atoms with Crippen LogP contribution in [0.1, 0.15) is 21.5 Å². The van der Waals surface area contributed by atoms with Crippen molar-refractivity contribution < 1.29 is 22.4 Å². The number of halogens is 5. The Labute approximate surface area is 126 Å². The number of ketones is 1. The molecule has 0 atom stereocenters. The van der Waals surface area contributed by atoms with Gasteiger partial charge in [0.1, 0.15) is 5.82 Å². The predicted octanol–water partition coefficient (Wildman–Crippen LogP) is 5.03. The fraction of sp³-hybridized carbons (Fsp3) is 0.133. The van der Waals surface area contributed by atoms with Gasteiger partial charge >= 0.3 is 6.18 Å². The van der Waals surface area contributed by atoms with Crippen LogP contribution in [0, 0.1) is 5.82 Å². The maximum Gasteiger partial charge on any atom is 0.416 e. The molecule has 0 aliphatic heterocycles. The van der Waals surface area contributed by atoms with Gasteiger partial charge in [0, 0.05) is 10.9 Å². The summed E-state index contributed by atoms with van der Waals surface area (Å²) in [5.41, 5.74) is -0.805. The molecule has 0 saturated heterocycles. The maximum atomic E-state index is 13.6. The third-order valence-corrected chi connectivity index (χ3v) is 3.52. The Morgan fingerprint density at radius 2 is 1.76 bits per heavy atom. The van der Waals surface area contributed by atoms with Crippen molar-refractivity contribution in [2.24, 2.45) is 0 Å². The largest absolute Gasteiger partial charge is 0.416 e. The van der Waals surface area contributed by atoms with Gasteiger partial charge in [0.05, 0.1) is 11.1 Å². The van der Waals surface area contributed by atoms with Gasteiger partial charge < -0.3 is 0 Å². The standard InChI is InChI=1S/C15H9BrF4O/c16-11-5-2-6-12(17)14(11)13(21)8-9-3-1-4-10(7-9)15(18,19)20/h1-7H,8H2. The molecule has 110 valence electrons. The smallest absolute Gasteiger partial charge is 0.294 e. The summed E-state index contributed by atoms with van der Waals surface area (Å²) >= 11 is 3.07. The van der Waals surface area contributed by atoms with E-state index in [0.717, 1.165) is 18.2 Å². The number of rotatable bonds is 3. The van der Waals surface area contributed by atoms with Crippen LogP contribution in [0.15, 0.2) is 46.9 Å². The maximum absolute atomic E-state index is 13.6. The van der Waals surface area contributed by atoms with E-state index in [1.807, 2.05) is 0 Å². The number of alkyl halides is 3. The molecule has 2 aromatic rings. The SMILES string of the molecule is O=C(Cc1cccc(C(F)(F)F)c1)c1c(F)cccc1Br. The first-order valence-corrected chi connectivity index (χ1v) is 6.71. The van der Waals surface area contributed by atoms with Crippen LogP contribution < -0.4 is 0 Å². The summed E-state index contributed by atoms with van der Waals surface area (Å²) in [5, 5.41) is 0. The quantitative estimate of drug-likeness (QED) is 0.554. The highest BCUT2D eigenvalue weighted by molar-refractivity contribution is 9.10. The molecule has 0 N–H and O–H groups in total. The first-order chi connectivity index (χ1) is 9.79. The Hall–Kier alpha value is -1.69. The van der Waals surface area contributed by atoms with Gasteiger partial charge in [0.25, 0.3) is 0 Å². The molecule has 0 spiro atoms. The minimum atomic E-state index is -4.47. The molecule has 0 radical (unpaired) electrons. The number of carbonyl (C=O) groups excluding carboxylic acids is 1. The molecule has 0 aromatic heterocycles. The first kappa shape index (κ1) is 15.7. The van der Waals surface area contributed by atoms with Gasteiger partial charge in [0.15, 0.2) is 5.78 Å². The fourth-order valence-corrected chi connectivity index (χ4v) is 2.46. The summed E-state index contributed by atoms with van der Waals surface area (Å²) < 4.78 is 51.7. The first-order valence-electron chi connectivity index (χ1n) is 5.92. The lowest BCUT2D eigenvalue weighted by molar-refractivity contribution is -0.137. The third kappa shape index (κ3) is 3.69. The van der Waals surface area contributed by atoms with Gasteiger partial charge in [0.2, 0.25) is 0 Å². The molecule has 0 saturated carbocycles. The van der Waals surface area contributed by atoms with Gasteiger partial charge in [-0.25, -0.2) is 4.39 Å². The molecule has 0 aliphatic carbocycles. The Morgan fingerprint density at radius 1 is 1.10 bits per heavy atom. The Morgan fingerprint density at radius 3 is 2.38 bits per heavy atom. The average Bonchev–Trinajstić information content (AvgIpc) is 2.37. The fourth-order valence-electron chi connectivity index (χ4n) is 1.90. The van der Waals surface area contributed by atoms with Gasteiger partial charge in [-0.1, -0.05) is 24.3 Å². The molecular formula is C15H9BrF4O. The number of carbonyl (C=O) groups is 1. The van der Waals surface area contributed by atoms with Crippen molar-refractivity contribution in [1.82, 2.24) is 0 Å².